The minimum Gasteiger partial charge on any atom is -0.465 e. The van der Waals surface area contributed by atoms with Gasteiger partial charge in [0.25, 0.3) is 6.47 Å². The maximum atomic E-state index is 15.0. The molecule has 2 nitrogen and oxygen atoms in total. The third-order valence-corrected chi connectivity index (χ3v) is 7.69. The molecule has 144 valence electrons. The lowest BCUT2D eigenvalue weighted by molar-refractivity contribution is -0.135. The van der Waals surface area contributed by atoms with Crippen molar-refractivity contribution < 1.29 is 13.9 Å². The summed E-state index contributed by atoms with van der Waals surface area (Å²) in [5, 5.41) is 0. The Balaban J connectivity index is 1.43. The van der Waals surface area contributed by atoms with E-state index in [1.54, 1.807) is 0 Å². The van der Waals surface area contributed by atoms with E-state index in [-0.39, 0.29) is 12.0 Å². The van der Waals surface area contributed by atoms with Crippen molar-refractivity contribution >= 4 is 6.47 Å². The quantitative estimate of drug-likeness (QED) is 0.542. The van der Waals surface area contributed by atoms with Gasteiger partial charge in [-0.1, -0.05) is 32.6 Å². The first kappa shape index (κ1) is 19.2. The molecule has 0 bridgehead atoms. The van der Waals surface area contributed by atoms with Crippen LogP contribution in [0.4, 0.5) is 4.39 Å². The van der Waals surface area contributed by atoms with Crippen LogP contribution in [-0.2, 0) is 9.53 Å². The molecule has 0 aromatic heterocycles. The lowest BCUT2D eigenvalue weighted by atomic mass is 9.64. The Morgan fingerprint density at radius 3 is 2.12 bits per heavy atom. The van der Waals surface area contributed by atoms with Gasteiger partial charge in [0, 0.05) is 0 Å². The van der Waals surface area contributed by atoms with Crippen LogP contribution in [-0.4, -0.2) is 18.7 Å². The number of hydrogen-bond donors (Lipinski definition) is 0. The Hall–Kier alpha value is -0.600. The summed E-state index contributed by atoms with van der Waals surface area (Å²) < 4.78 is 20.1. The second kappa shape index (κ2) is 9.37. The molecule has 0 spiro atoms. The Labute approximate surface area is 153 Å². The van der Waals surface area contributed by atoms with Crippen molar-refractivity contribution in [3.63, 3.8) is 0 Å². The van der Waals surface area contributed by atoms with Crippen molar-refractivity contribution in [2.24, 2.45) is 29.6 Å². The van der Waals surface area contributed by atoms with E-state index in [1.165, 1.54) is 44.9 Å². The number of ether oxygens (including phenoxy) is 1. The van der Waals surface area contributed by atoms with Crippen LogP contribution < -0.4 is 0 Å². The fourth-order valence-electron chi connectivity index (χ4n) is 6.22. The van der Waals surface area contributed by atoms with Gasteiger partial charge in [-0.25, -0.2) is 4.39 Å². The summed E-state index contributed by atoms with van der Waals surface area (Å²) in [7, 11) is 0. The lowest BCUT2D eigenvalue weighted by Crippen LogP contribution is -2.37. The van der Waals surface area contributed by atoms with E-state index in [4.69, 9.17) is 4.74 Å². The van der Waals surface area contributed by atoms with Gasteiger partial charge in [0.15, 0.2) is 0 Å². The molecule has 0 radical (unpaired) electrons. The summed E-state index contributed by atoms with van der Waals surface area (Å²) in [6.07, 6.45) is 14.7. The van der Waals surface area contributed by atoms with Gasteiger partial charge in [-0.2, -0.15) is 0 Å². The van der Waals surface area contributed by atoms with Crippen LogP contribution in [0.1, 0.15) is 90.4 Å². The van der Waals surface area contributed by atoms with Crippen LogP contribution in [0.2, 0.25) is 0 Å². The van der Waals surface area contributed by atoms with Crippen LogP contribution in [0.3, 0.4) is 0 Å². The molecule has 0 aromatic rings. The van der Waals surface area contributed by atoms with Crippen LogP contribution in [0.5, 0.6) is 0 Å². The molecule has 3 unspecified atom stereocenters. The monoisotopic (exact) mass is 352 g/mol. The van der Waals surface area contributed by atoms with E-state index < -0.39 is 6.17 Å². The second-order valence-corrected chi connectivity index (χ2v) is 9.09. The standard InChI is InChI=1S/C22H37FO2/c1-2-3-16-4-6-17(7-5-16)19-10-13-21(22(23)14-19)18-8-11-20(12-9-18)25-15-24/h15-22H,2-14H2,1H3. The molecule has 3 aliphatic rings. The molecule has 3 fully saturated rings. The largest absolute Gasteiger partial charge is 0.465 e. The number of hydrogen-bond acceptors (Lipinski definition) is 2. The summed E-state index contributed by atoms with van der Waals surface area (Å²) in [5.41, 5.74) is 0. The Morgan fingerprint density at radius 1 is 0.880 bits per heavy atom. The molecule has 25 heavy (non-hydrogen) atoms. The third kappa shape index (κ3) is 4.98. The van der Waals surface area contributed by atoms with Crippen molar-refractivity contribution in [3.05, 3.63) is 0 Å². The van der Waals surface area contributed by atoms with Crippen LogP contribution >= 0.6 is 0 Å². The van der Waals surface area contributed by atoms with Crippen molar-refractivity contribution in [1.29, 1.82) is 0 Å². The topological polar surface area (TPSA) is 26.3 Å². The first-order valence-electron chi connectivity index (χ1n) is 10.9. The van der Waals surface area contributed by atoms with Crippen molar-refractivity contribution in [2.45, 2.75) is 103 Å². The lowest BCUT2D eigenvalue weighted by Gasteiger charge is -2.42. The first-order valence-corrected chi connectivity index (χ1v) is 10.9. The summed E-state index contributed by atoms with van der Waals surface area (Å²) in [5.74, 6) is 3.17. The van der Waals surface area contributed by atoms with Gasteiger partial charge in [-0.05, 0) is 87.4 Å². The number of carbonyl (C=O) groups excluding carboxylic acids is 1. The minimum atomic E-state index is -0.597. The smallest absolute Gasteiger partial charge is 0.293 e. The normalized spacial score (nSPS) is 42.7. The zero-order chi connectivity index (χ0) is 17.6. The Kier molecular flexibility index (Phi) is 7.18. The number of halogens is 1. The molecule has 0 aromatic carbocycles. The van der Waals surface area contributed by atoms with E-state index in [1.807, 2.05) is 0 Å². The van der Waals surface area contributed by atoms with Gasteiger partial charge < -0.3 is 4.74 Å². The fourth-order valence-corrected chi connectivity index (χ4v) is 6.22. The Morgan fingerprint density at radius 2 is 1.52 bits per heavy atom. The molecule has 3 atom stereocenters. The molecule has 0 aliphatic heterocycles. The SMILES string of the molecule is CCCC1CCC(C2CCC(C3CCC(OC=O)CC3)C(F)C2)CC1. The van der Waals surface area contributed by atoms with Gasteiger partial charge in [0.1, 0.15) is 12.3 Å². The summed E-state index contributed by atoms with van der Waals surface area (Å²) >= 11 is 0. The summed E-state index contributed by atoms with van der Waals surface area (Å²) in [4.78, 5) is 10.5. The first-order chi connectivity index (χ1) is 12.2. The molecule has 0 amide bonds. The average molecular weight is 353 g/mol. The molecular formula is C22H37FO2. The fraction of sp³-hybridized carbons (Fsp3) is 0.955. The highest BCUT2D eigenvalue weighted by atomic mass is 19.1. The third-order valence-electron chi connectivity index (χ3n) is 7.69. The molecule has 3 heteroatoms. The van der Waals surface area contributed by atoms with Crippen molar-refractivity contribution in [1.82, 2.24) is 0 Å². The second-order valence-electron chi connectivity index (χ2n) is 9.09. The minimum absolute atomic E-state index is 0.0847. The molecule has 0 heterocycles. The van der Waals surface area contributed by atoms with E-state index in [9.17, 15) is 9.18 Å². The Bertz CT molecular complexity index is 397. The summed E-state index contributed by atoms with van der Waals surface area (Å²) in [6.45, 7) is 2.86. The van der Waals surface area contributed by atoms with Crippen LogP contribution in [0.15, 0.2) is 0 Å². The van der Waals surface area contributed by atoms with E-state index >= 15 is 0 Å². The molecule has 0 N–H and O–H groups in total. The average Bonchev–Trinajstić information content (AvgIpc) is 2.64. The molecule has 3 rings (SSSR count). The molecule has 0 saturated heterocycles. The van der Waals surface area contributed by atoms with E-state index in [2.05, 4.69) is 6.92 Å². The van der Waals surface area contributed by atoms with Crippen molar-refractivity contribution in [2.75, 3.05) is 0 Å². The van der Waals surface area contributed by atoms with E-state index in [0.29, 0.717) is 18.3 Å². The van der Waals surface area contributed by atoms with Gasteiger partial charge in [-0.15, -0.1) is 0 Å². The maximum Gasteiger partial charge on any atom is 0.293 e. The molecule has 3 saturated carbocycles. The molecule has 3 aliphatic carbocycles. The maximum absolute atomic E-state index is 15.0. The zero-order valence-electron chi connectivity index (χ0n) is 16.0. The van der Waals surface area contributed by atoms with Gasteiger partial charge in [0.2, 0.25) is 0 Å². The number of carbonyl (C=O) groups is 1. The highest BCUT2D eigenvalue weighted by Crippen LogP contribution is 2.46. The predicted molar refractivity (Wildman–Crippen MR) is 99.0 cm³/mol. The van der Waals surface area contributed by atoms with Crippen molar-refractivity contribution in [3.8, 4) is 0 Å². The predicted octanol–water partition coefficient (Wildman–Crippen LogP) is 6.08. The highest BCUT2D eigenvalue weighted by molar-refractivity contribution is 5.37. The molecular weight excluding hydrogens is 315 g/mol. The van der Waals surface area contributed by atoms with Crippen LogP contribution in [0.25, 0.3) is 0 Å². The van der Waals surface area contributed by atoms with Gasteiger partial charge in [0.05, 0.1) is 0 Å². The van der Waals surface area contributed by atoms with E-state index in [0.717, 1.165) is 50.4 Å². The number of alkyl halides is 1. The number of rotatable bonds is 6. The highest BCUT2D eigenvalue weighted by Gasteiger charge is 2.40. The summed E-state index contributed by atoms with van der Waals surface area (Å²) in [6, 6.07) is 0. The van der Waals surface area contributed by atoms with Gasteiger partial charge >= 0.3 is 0 Å². The van der Waals surface area contributed by atoms with Crippen LogP contribution in [0, 0.1) is 29.6 Å². The van der Waals surface area contributed by atoms with Gasteiger partial charge in [-0.3, -0.25) is 4.79 Å². The zero-order valence-corrected chi connectivity index (χ0v) is 16.0.